The fourth-order valence-corrected chi connectivity index (χ4v) is 3.97. The molecule has 11 heteroatoms. The summed E-state index contributed by atoms with van der Waals surface area (Å²) >= 11 is 5.96. The highest BCUT2D eigenvalue weighted by Crippen LogP contribution is 2.35. The molecular formula is C18H18ClF3N2O4S. The third-order valence-electron chi connectivity index (χ3n) is 3.92. The van der Waals surface area contributed by atoms with E-state index in [4.69, 9.17) is 16.3 Å². The molecular weight excluding hydrogens is 433 g/mol. The largest absolute Gasteiger partial charge is 0.495 e. The highest BCUT2D eigenvalue weighted by molar-refractivity contribution is 7.92. The number of carbonyl (C=O) groups is 1. The van der Waals surface area contributed by atoms with E-state index in [9.17, 15) is 26.4 Å². The number of amides is 1. The molecule has 0 fully saturated rings. The SMILES string of the molecule is COc1ccc(Cl)cc1N([C@H](C)C(=O)Nc1cccc(C(F)(F)F)c1)S(C)(=O)=O. The molecule has 6 nitrogen and oxygen atoms in total. The Balaban J connectivity index is 2.40. The van der Waals surface area contributed by atoms with Gasteiger partial charge >= 0.3 is 6.18 Å². The van der Waals surface area contributed by atoms with Crippen molar-refractivity contribution in [1.82, 2.24) is 0 Å². The molecule has 0 radical (unpaired) electrons. The zero-order valence-corrected chi connectivity index (χ0v) is 17.2. The Morgan fingerprint density at radius 1 is 1.21 bits per heavy atom. The van der Waals surface area contributed by atoms with Crippen molar-refractivity contribution in [3.05, 3.63) is 53.1 Å². The quantitative estimate of drug-likeness (QED) is 0.717. The van der Waals surface area contributed by atoms with Crippen molar-refractivity contribution < 1.29 is 31.1 Å². The Morgan fingerprint density at radius 2 is 1.86 bits per heavy atom. The van der Waals surface area contributed by atoms with Gasteiger partial charge in [-0.15, -0.1) is 0 Å². The summed E-state index contributed by atoms with van der Waals surface area (Å²) in [6.45, 7) is 1.30. The molecule has 158 valence electrons. The van der Waals surface area contributed by atoms with Gasteiger partial charge in [0.05, 0.1) is 24.6 Å². The normalized spacial score (nSPS) is 12.9. The van der Waals surface area contributed by atoms with E-state index >= 15 is 0 Å². The van der Waals surface area contributed by atoms with Gasteiger partial charge in [0.25, 0.3) is 0 Å². The van der Waals surface area contributed by atoms with Gasteiger partial charge in [0, 0.05) is 10.7 Å². The first-order valence-corrected chi connectivity index (χ1v) is 10.4. The van der Waals surface area contributed by atoms with E-state index in [1.165, 1.54) is 38.3 Å². The van der Waals surface area contributed by atoms with Gasteiger partial charge in [-0.1, -0.05) is 17.7 Å². The highest BCUT2D eigenvalue weighted by Gasteiger charge is 2.33. The Bertz CT molecular complexity index is 1010. The number of carbonyl (C=O) groups excluding carboxylic acids is 1. The van der Waals surface area contributed by atoms with Gasteiger partial charge in [0.2, 0.25) is 15.9 Å². The van der Waals surface area contributed by atoms with Gasteiger partial charge in [0.15, 0.2) is 0 Å². The maximum atomic E-state index is 12.9. The fourth-order valence-electron chi connectivity index (χ4n) is 2.64. The number of hydrogen-bond donors (Lipinski definition) is 1. The summed E-state index contributed by atoms with van der Waals surface area (Å²) in [6.07, 6.45) is -3.69. The van der Waals surface area contributed by atoms with E-state index in [-0.39, 0.29) is 22.1 Å². The van der Waals surface area contributed by atoms with Crippen LogP contribution < -0.4 is 14.4 Å². The molecule has 0 saturated carbocycles. The topological polar surface area (TPSA) is 75.7 Å². The molecule has 29 heavy (non-hydrogen) atoms. The summed E-state index contributed by atoms with van der Waals surface area (Å²) in [7, 11) is -2.66. The van der Waals surface area contributed by atoms with Crippen molar-refractivity contribution in [3.63, 3.8) is 0 Å². The number of ether oxygens (including phenoxy) is 1. The van der Waals surface area contributed by atoms with Crippen molar-refractivity contribution in [3.8, 4) is 5.75 Å². The molecule has 0 spiro atoms. The number of alkyl halides is 3. The van der Waals surface area contributed by atoms with Crippen molar-refractivity contribution in [2.24, 2.45) is 0 Å². The number of anilines is 2. The maximum absolute atomic E-state index is 12.9. The number of rotatable bonds is 6. The van der Waals surface area contributed by atoms with Crippen molar-refractivity contribution in [1.29, 1.82) is 0 Å². The fraction of sp³-hybridized carbons (Fsp3) is 0.278. The number of benzene rings is 2. The lowest BCUT2D eigenvalue weighted by molar-refractivity contribution is -0.137. The number of methoxy groups -OCH3 is 1. The van der Waals surface area contributed by atoms with Crippen LogP contribution in [0.2, 0.25) is 5.02 Å². The highest BCUT2D eigenvalue weighted by atomic mass is 35.5. The lowest BCUT2D eigenvalue weighted by Crippen LogP contribution is -2.45. The standard InChI is InChI=1S/C18H18ClF3N2O4S/c1-11(17(25)23-14-6-4-5-12(9-14)18(20,21)22)24(29(3,26)27)15-10-13(19)7-8-16(15)28-2/h4-11H,1-3H3,(H,23,25)/t11-/m1/s1. The summed E-state index contributed by atoms with van der Waals surface area (Å²) in [5.41, 5.74) is -1.04. The van der Waals surface area contributed by atoms with Crippen LogP contribution in [0.1, 0.15) is 12.5 Å². The van der Waals surface area contributed by atoms with Crippen LogP contribution in [0, 0.1) is 0 Å². The molecule has 0 bridgehead atoms. The molecule has 0 saturated heterocycles. The third kappa shape index (κ3) is 5.54. The van der Waals surface area contributed by atoms with Crippen LogP contribution >= 0.6 is 11.6 Å². The Kier molecular flexibility index (Phi) is 6.69. The van der Waals surface area contributed by atoms with Crippen LogP contribution in [0.3, 0.4) is 0 Å². The van der Waals surface area contributed by atoms with Gasteiger partial charge in [-0.25, -0.2) is 8.42 Å². The molecule has 1 atom stereocenters. The van der Waals surface area contributed by atoms with Gasteiger partial charge < -0.3 is 10.1 Å². The smallest absolute Gasteiger partial charge is 0.416 e. The van der Waals surface area contributed by atoms with Crippen LogP contribution in [-0.4, -0.2) is 33.7 Å². The van der Waals surface area contributed by atoms with Crippen LogP contribution in [0.5, 0.6) is 5.75 Å². The van der Waals surface area contributed by atoms with Gasteiger partial charge in [-0.05, 0) is 43.3 Å². The van der Waals surface area contributed by atoms with E-state index in [1.807, 2.05) is 0 Å². The summed E-state index contributed by atoms with van der Waals surface area (Å²) in [5.74, 6) is -0.685. The number of sulfonamides is 1. The van der Waals surface area contributed by atoms with Crippen LogP contribution in [0.15, 0.2) is 42.5 Å². The van der Waals surface area contributed by atoms with Crippen molar-refractivity contribution in [2.45, 2.75) is 19.1 Å². The predicted molar refractivity (Wildman–Crippen MR) is 105 cm³/mol. The molecule has 0 unspecified atom stereocenters. The first-order valence-electron chi connectivity index (χ1n) is 8.15. The minimum absolute atomic E-state index is 0.0224. The molecule has 0 aliphatic heterocycles. The Labute approximate surface area is 171 Å². The van der Waals surface area contributed by atoms with Crippen LogP contribution in [0.4, 0.5) is 24.5 Å². The summed E-state index contributed by atoms with van der Waals surface area (Å²) < 4.78 is 69.3. The van der Waals surface area contributed by atoms with Crippen LogP contribution in [0.25, 0.3) is 0 Å². The number of halogens is 4. The second-order valence-corrected chi connectivity index (χ2v) is 8.41. The zero-order valence-electron chi connectivity index (χ0n) is 15.6. The third-order valence-corrected chi connectivity index (χ3v) is 5.39. The molecule has 0 heterocycles. The molecule has 2 rings (SSSR count). The minimum Gasteiger partial charge on any atom is -0.495 e. The second-order valence-electron chi connectivity index (χ2n) is 6.12. The first-order chi connectivity index (χ1) is 13.3. The lowest BCUT2D eigenvalue weighted by Gasteiger charge is -2.29. The predicted octanol–water partition coefficient (Wildman–Crippen LogP) is 4.16. The van der Waals surface area contributed by atoms with Gasteiger partial charge in [0.1, 0.15) is 11.8 Å². The average molecular weight is 451 g/mol. The van der Waals surface area contributed by atoms with E-state index in [0.717, 1.165) is 28.8 Å². The van der Waals surface area contributed by atoms with E-state index < -0.39 is 33.7 Å². The Morgan fingerprint density at radius 3 is 2.41 bits per heavy atom. The molecule has 0 aromatic heterocycles. The van der Waals surface area contributed by atoms with Gasteiger partial charge in [-0.2, -0.15) is 13.2 Å². The van der Waals surface area contributed by atoms with Crippen molar-refractivity contribution in [2.75, 3.05) is 23.0 Å². The number of nitrogens with zero attached hydrogens (tertiary/aromatic N) is 1. The van der Waals surface area contributed by atoms with E-state index in [2.05, 4.69) is 5.32 Å². The van der Waals surface area contributed by atoms with Crippen LogP contribution in [-0.2, 0) is 21.0 Å². The summed E-state index contributed by atoms with van der Waals surface area (Å²) in [6, 6.07) is 6.95. The lowest BCUT2D eigenvalue weighted by atomic mass is 10.2. The Hall–Kier alpha value is -2.46. The zero-order chi connectivity index (χ0) is 22.0. The number of hydrogen-bond acceptors (Lipinski definition) is 4. The molecule has 1 N–H and O–H groups in total. The average Bonchev–Trinajstić information content (AvgIpc) is 2.60. The van der Waals surface area contributed by atoms with Gasteiger partial charge in [-0.3, -0.25) is 9.10 Å². The monoisotopic (exact) mass is 450 g/mol. The van der Waals surface area contributed by atoms with E-state index in [1.54, 1.807) is 0 Å². The molecule has 1 amide bonds. The van der Waals surface area contributed by atoms with E-state index in [0.29, 0.717) is 0 Å². The number of nitrogens with one attached hydrogen (secondary N) is 1. The molecule has 0 aliphatic carbocycles. The molecule has 2 aromatic rings. The second kappa shape index (κ2) is 8.50. The molecule has 0 aliphatic rings. The molecule has 2 aromatic carbocycles. The summed E-state index contributed by atoms with van der Waals surface area (Å²) in [5, 5.41) is 2.52. The maximum Gasteiger partial charge on any atom is 0.416 e. The first kappa shape index (κ1) is 22.8. The summed E-state index contributed by atoms with van der Waals surface area (Å²) in [4.78, 5) is 12.6. The van der Waals surface area contributed by atoms with Crippen molar-refractivity contribution >= 4 is 38.9 Å². The minimum atomic E-state index is -4.58.